The molecule has 0 amide bonds. The molecular weight excluding hydrogens is 179 g/mol. The minimum absolute atomic E-state index is 0.228. The van der Waals surface area contributed by atoms with Crippen LogP contribution in [0.3, 0.4) is 0 Å². The fourth-order valence-corrected chi connectivity index (χ4v) is 2.41. The Morgan fingerprint density at radius 2 is 1.14 bits per heavy atom. The van der Waals surface area contributed by atoms with E-state index in [-0.39, 0.29) is 12.2 Å². The topological polar surface area (TPSA) is 38.7 Å². The molecule has 2 rings (SSSR count). The van der Waals surface area contributed by atoms with E-state index in [1.807, 2.05) is 0 Å². The van der Waals surface area contributed by atoms with E-state index in [9.17, 15) is 5.02 Å². The second kappa shape index (κ2) is 5.15. The quantitative estimate of drug-likeness (QED) is 0.701. The van der Waals surface area contributed by atoms with E-state index in [1.54, 1.807) is 0 Å². The molecule has 4 heteroatoms. The van der Waals surface area contributed by atoms with Gasteiger partial charge >= 0.3 is 7.32 Å². The predicted molar refractivity (Wildman–Crippen MR) is 54.7 cm³/mol. The zero-order valence-electron chi connectivity index (χ0n) is 8.65. The van der Waals surface area contributed by atoms with Crippen LogP contribution in [0.25, 0.3) is 0 Å². The maximum Gasteiger partial charge on any atom is 0.637 e. The molecule has 2 aliphatic rings. The molecule has 0 spiro atoms. The van der Waals surface area contributed by atoms with E-state index >= 15 is 0 Å². The van der Waals surface area contributed by atoms with Crippen molar-refractivity contribution < 1.29 is 14.3 Å². The third-order valence-corrected chi connectivity index (χ3v) is 3.22. The fraction of sp³-hybridized carbons (Fsp3) is 1.00. The Bertz CT molecular complexity index is 147. The number of hydrogen-bond donors (Lipinski definition) is 1. The van der Waals surface area contributed by atoms with Crippen LogP contribution in [0.5, 0.6) is 0 Å². The first-order valence-electron chi connectivity index (χ1n) is 5.83. The van der Waals surface area contributed by atoms with Gasteiger partial charge in [0.25, 0.3) is 0 Å². The molecule has 0 aliphatic heterocycles. The van der Waals surface area contributed by atoms with Crippen LogP contribution in [0.4, 0.5) is 0 Å². The van der Waals surface area contributed by atoms with Crippen molar-refractivity contribution in [1.82, 2.24) is 0 Å². The Morgan fingerprint density at radius 3 is 1.50 bits per heavy atom. The molecule has 2 saturated carbocycles. The van der Waals surface area contributed by atoms with Gasteiger partial charge in [0.05, 0.1) is 0 Å². The second-order valence-electron chi connectivity index (χ2n) is 4.39. The van der Waals surface area contributed by atoms with Crippen LogP contribution in [0.1, 0.15) is 51.4 Å². The molecule has 2 aliphatic carbocycles. The van der Waals surface area contributed by atoms with Gasteiger partial charge in [0, 0.05) is 12.2 Å². The van der Waals surface area contributed by atoms with Crippen LogP contribution < -0.4 is 0 Å². The van der Waals surface area contributed by atoms with Crippen molar-refractivity contribution in [3.63, 3.8) is 0 Å². The van der Waals surface area contributed by atoms with Gasteiger partial charge in [-0.2, -0.15) is 0 Å². The summed E-state index contributed by atoms with van der Waals surface area (Å²) in [5, 5.41) is 9.53. The summed E-state index contributed by atoms with van der Waals surface area (Å²) < 4.78 is 10.8. The van der Waals surface area contributed by atoms with Crippen LogP contribution in [-0.2, 0) is 9.31 Å². The molecule has 0 radical (unpaired) electrons. The minimum Gasteiger partial charge on any atom is -0.402 e. The lowest BCUT2D eigenvalue weighted by Gasteiger charge is -2.17. The summed E-state index contributed by atoms with van der Waals surface area (Å²) in [4.78, 5) is 0. The number of rotatable bonds is 4. The highest BCUT2D eigenvalue weighted by Gasteiger charge is 2.28. The highest BCUT2D eigenvalue weighted by atomic mass is 16.7. The molecule has 0 aromatic rings. The molecule has 0 atom stereocenters. The van der Waals surface area contributed by atoms with Crippen molar-refractivity contribution in [2.24, 2.45) is 0 Å². The molecule has 14 heavy (non-hydrogen) atoms. The van der Waals surface area contributed by atoms with Crippen molar-refractivity contribution >= 4 is 7.32 Å². The molecule has 0 saturated heterocycles. The Hall–Kier alpha value is -0.0551. The molecule has 0 heterocycles. The second-order valence-corrected chi connectivity index (χ2v) is 4.39. The Labute approximate surface area is 86.0 Å². The fourth-order valence-electron chi connectivity index (χ4n) is 2.41. The Morgan fingerprint density at radius 1 is 0.786 bits per heavy atom. The van der Waals surface area contributed by atoms with E-state index in [2.05, 4.69) is 0 Å². The number of hydrogen-bond acceptors (Lipinski definition) is 3. The van der Waals surface area contributed by atoms with Crippen LogP contribution in [-0.4, -0.2) is 24.6 Å². The molecule has 2 fully saturated rings. The lowest BCUT2D eigenvalue weighted by Crippen LogP contribution is -2.31. The average Bonchev–Trinajstić information content (AvgIpc) is 2.76. The van der Waals surface area contributed by atoms with Gasteiger partial charge in [-0.1, -0.05) is 25.7 Å². The first-order chi connectivity index (χ1) is 6.84. The molecule has 0 unspecified atom stereocenters. The van der Waals surface area contributed by atoms with Gasteiger partial charge in [0.15, 0.2) is 0 Å². The van der Waals surface area contributed by atoms with Gasteiger partial charge in [0.1, 0.15) is 0 Å². The van der Waals surface area contributed by atoms with E-state index in [0.717, 1.165) is 25.7 Å². The van der Waals surface area contributed by atoms with Crippen molar-refractivity contribution in [3.05, 3.63) is 0 Å². The maximum atomic E-state index is 9.53. The Kier molecular flexibility index (Phi) is 3.85. The van der Waals surface area contributed by atoms with Gasteiger partial charge in [-0.15, -0.1) is 0 Å². The van der Waals surface area contributed by atoms with Gasteiger partial charge < -0.3 is 14.3 Å². The van der Waals surface area contributed by atoms with Crippen LogP contribution >= 0.6 is 0 Å². The van der Waals surface area contributed by atoms with Gasteiger partial charge in [-0.05, 0) is 25.7 Å². The third kappa shape index (κ3) is 2.97. The molecule has 80 valence electrons. The first kappa shape index (κ1) is 10.5. The summed E-state index contributed by atoms with van der Waals surface area (Å²) >= 11 is 0. The highest BCUT2D eigenvalue weighted by molar-refractivity contribution is 6.34. The minimum atomic E-state index is -0.985. The predicted octanol–water partition coefficient (Wildman–Crippen LogP) is 1.88. The van der Waals surface area contributed by atoms with Crippen molar-refractivity contribution in [2.75, 3.05) is 0 Å². The Balaban J connectivity index is 1.64. The molecule has 0 bridgehead atoms. The molecule has 1 N–H and O–H groups in total. The zero-order chi connectivity index (χ0) is 9.80. The summed E-state index contributed by atoms with van der Waals surface area (Å²) in [7, 11) is -0.985. The van der Waals surface area contributed by atoms with Crippen molar-refractivity contribution in [1.29, 1.82) is 0 Å². The van der Waals surface area contributed by atoms with E-state index in [4.69, 9.17) is 9.31 Å². The molecule has 0 aromatic heterocycles. The van der Waals surface area contributed by atoms with Gasteiger partial charge in [-0.25, -0.2) is 0 Å². The molecule has 0 aromatic carbocycles. The van der Waals surface area contributed by atoms with E-state index in [1.165, 1.54) is 25.7 Å². The molecular formula is C10H19BO3. The summed E-state index contributed by atoms with van der Waals surface area (Å²) in [6.45, 7) is 0. The zero-order valence-corrected chi connectivity index (χ0v) is 8.65. The summed E-state index contributed by atoms with van der Waals surface area (Å²) in [5.74, 6) is 0. The van der Waals surface area contributed by atoms with E-state index in [0.29, 0.717) is 0 Å². The third-order valence-electron chi connectivity index (χ3n) is 3.22. The van der Waals surface area contributed by atoms with Gasteiger partial charge in [-0.3, -0.25) is 0 Å². The van der Waals surface area contributed by atoms with Crippen molar-refractivity contribution in [2.45, 2.75) is 63.6 Å². The van der Waals surface area contributed by atoms with Crippen LogP contribution in [0, 0.1) is 0 Å². The lowest BCUT2D eigenvalue weighted by atomic mass is 10.1. The maximum absolute atomic E-state index is 9.53. The average molecular weight is 198 g/mol. The summed E-state index contributed by atoms with van der Waals surface area (Å²) in [5.41, 5.74) is 0. The summed E-state index contributed by atoms with van der Waals surface area (Å²) in [6.07, 6.45) is 9.65. The van der Waals surface area contributed by atoms with Crippen molar-refractivity contribution in [3.8, 4) is 0 Å². The lowest BCUT2D eigenvalue weighted by molar-refractivity contribution is 0.0586. The summed E-state index contributed by atoms with van der Waals surface area (Å²) in [6, 6.07) is 0. The normalized spacial score (nSPS) is 24.6. The first-order valence-corrected chi connectivity index (χ1v) is 5.83. The monoisotopic (exact) mass is 198 g/mol. The smallest absolute Gasteiger partial charge is 0.402 e. The van der Waals surface area contributed by atoms with Crippen LogP contribution in [0.2, 0.25) is 0 Å². The molecule has 3 nitrogen and oxygen atoms in total. The SMILES string of the molecule is OB(OC1CCCC1)OC1CCCC1. The van der Waals surface area contributed by atoms with Crippen LogP contribution in [0.15, 0.2) is 0 Å². The van der Waals surface area contributed by atoms with Gasteiger partial charge in [0.2, 0.25) is 0 Å². The van der Waals surface area contributed by atoms with E-state index < -0.39 is 7.32 Å². The largest absolute Gasteiger partial charge is 0.637 e. The standard InChI is InChI=1S/C10H19BO3/c12-11(13-9-5-1-2-6-9)14-10-7-3-4-8-10/h9-10,12H,1-8H2. The highest BCUT2D eigenvalue weighted by Crippen LogP contribution is 2.24.